The Kier molecular flexibility index (Phi) is 2.29. The molecule has 0 saturated carbocycles. The average Bonchev–Trinajstić information content (AvgIpc) is 2.20. The van der Waals surface area contributed by atoms with Crippen molar-refractivity contribution in [1.82, 2.24) is 0 Å². The van der Waals surface area contributed by atoms with Gasteiger partial charge in [-0.1, -0.05) is 28.1 Å². The molecule has 0 heterocycles. The highest BCUT2D eigenvalue weighted by Gasteiger charge is 2.18. The first-order valence-electron chi connectivity index (χ1n) is 4.08. The average molecular weight is 267 g/mol. The molecule has 0 saturated heterocycles. The van der Waals surface area contributed by atoms with E-state index in [2.05, 4.69) is 20.9 Å². The highest BCUT2D eigenvalue weighted by Crippen LogP contribution is 2.39. The monoisotopic (exact) mass is 266 g/mol. The summed E-state index contributed by atoms with van der Waals surface area (Å²) in [5.74, 6) is -1.11. The first-order chi connectivity index (χ1) is 7.15. The third-order valence-corrected chi connectivity index (χ3v) is 2.76. The van der Waals surface area contributed by atoms with E-state index in [-0.39, 0.29) is 11.1 Å². The highest BCUT2D eigenvalue weighted by molar-refractivity contribution is 9.10. The fraction of sp³-hybridized carbons (Fsp3) is 0. The second-order valence-electron chi connectivity index (χ2n) is 2.97. The zero-order valence-electron chi connectivity index (χ0n) is 7.37. The van der Waals surface area contributed by atoms with Crippen LogP contribution in [-0.4, -0.2) is 0 Å². The van der Waals surface area contributed by atoms with Crippen molar-refractivity contribution in [3.05, 3.63) is 39.5 Å². The summed E-state index contributed by atoms with van der Waals surface area (Å²) in [6, 6.07) is 5.62. The Bertz CT molecular complexity index is 592. The van der Waals surface area contributed by atoms with E-state index in [1.54, 1.807) is 6.07 Å². The van der Waals surface area contributed by atoms with Gasteiger partial charge in [0.15, 0.2) is 4.98 Å². The number of benzene rings is 2. The molecule has 2 aromatic rings. The van der Waals surface area contributed by atoms with Gasteiger partial charge in [-0.15, -0.1) is 0 Å². The van der Waals surface area contributed by atoms with Crippen LogP contribution in [0.3, 0.4) is 0 Å². The Labute approximate surface area is 92.9 Å². The van der Waals surface area contributed by atoms with E-state index in [1.165, 1.54) is 18.2 Å². The van der Waals surface area contributed by atoms with Gasteiger partial charge in [0, 0.05) is 9.86 Å². The van der Waals surface area contributed by atoms with Crippen LogP contribution in [0.5, 0.6) is 5.75 Å². The fourth-order valence-corrected chi connectivity index (χ4v) is 1.99. The Balaban J connectivity index is 3.07. The molecule has 0 amide bonds. The summed E-state index contributed by atoms with van der Waals surface area (Å²) in [5.41, 5.74) is -0.272. The van der Waals surface area contributed by atoms with E-state index in [4.69, 9.17) is 5.39 Å². The first-order valence-corrected chi connectivity index (χ1v) is 4.87. The summed E-state index contributed by atoms with van der Waals surface area (Å²) in [4.78, 5) is 2.83. The van der Waals surface area contributed by atoms with E-state index in [9.17, 15) is 9.50 Å². The normalized spacial score (nSPS) is 10.2. The second-order valence-corrected chi connectivity index (χ2v) is 3.82. The molecule has 0 unspecified atom stereocenters. The summed E-state index contributed by atoms with van der Waals surface area (Å²) in [5, 5.41) is 20.6. The fourth-order valence-electron chi connectivity index (χ4n) is 1.45. The standard InChI is InChI=1S/C10H4BrFN2O/c11-6-4-8(15)10(14-13)9-5(6)2-1-3-7(9)12/h1-4H. The van der Waals surface area contributed by atoms with E-state index in [1.807, 2.05) is 0 Å². The van der Waals surface area contributed by atoms with Gasteiger partial charge in [0.1, 0.15) is 11.2 Å². The predicted molar refractivity (Wildman–Crippen MR) is 55.8 cm³/mol. The number of nitrogens with zero attached hydrogens (tertiary/aromatic N) is 2. The minimum absolute atomic E-state index is 0.0272. The van der Waals surface area contributed by atoms with Gasteiger partial charge in [-0.2, -0.15) is 0 Å². The minimum Gasteiger partial charge on any atom is -0.867 e. The smallest absolute Gasteiger partial charge is 0.388 e. The van der Waals surface area contributed by atoms with E-state index in [0.29, 0.717) is 9.86 Å². The van der Waals surface area contributed by atoms with Gasteiger partial charge in [0.05, 0.1) is 0 Å². The Morgan fingerprint density at radius 3 is 2.80 bits per heavy atom. The highest BCUT2D eigenvalue weighted by atomic mass is 79.9. The molecular formula is C10H4BrFN2O. The van der Waals surface area contributed by atoms with Crippen LogP contribution in [0.15, 0.2) is 28.7 Å². The van der Waals surface area contributed by atoms with Crippen molar-refractivity contribution in [1.29, 1.82) is 5.39 Å². The number of hydrogen-bond donors (Lipinski definition) is 0. The molecule has 2 aromatic carbocycles. The molecule has 0 spiro atoms. The maximum atomic E-state index is 13.5. The molecule has 0 N–H and O–H groups in total. The van der Waals surface area contributed by atoms with E-state index in [0.717, 1.165) is 0 Å². The first kappa shape index (κ1) is 9.87. The second kappa shape index (κ2) is 3.48. The summed E-state index contributed by atoms with van der Waals surface area (Å²) in [6.07, 6.45) is 0. The van der Waals surface area contributed by atoms with Gasteiger partial charge >= 0.3 is 5.69 Å². The maximum absolute atomic E-state index is 13.5. The zero-order chi connectivity index (χ0) is 11.0. The van der Waals surface area contributed by atoms with Crippen molar-refractivity contribution >= 4 is 32.4 Å². The molecule has 3 nitrogen and oxygen atoms in total. The third kappa shape index (κ3) is 1.43. The molecule has 0 aliphatic carbocycles. The van der Waals surface area contributed by atoms with Crippen molar-refractivity contribution in [2.45, 2.75) is 0 Å². The maximum Gasteiger partial charge on any atom is 0.388 e. The van der Waals surface area contributed by atoms with E-state index < -0.39 is 11.6 Å². The van der Waals surface area contributed by atoms with Crippen LogP contribution in [0.2, 0.25) is 0 Å². The third-order valence-electron chi connectivity index (χ3n) is 2.10. The van der Waals surface area contributed by atoms with Crippen LogP contribution in [0.1, 0.15) is 0 Å². The molecule has 0 aliphatic rings. The SMILES string of the molecule is N#[N+]c1c([O-])cc(Br)c2cccc(F)c12. The minimum atomic E-state index is -0.585. The number of fused-ring (bicyclic) bond motifs is 1. The van der Waals surface area contributed by atoms with Crippen LogP contribution < -0.4 is 5.11 Å². The molecule has 0 atom stereocenters. The number of rotatable bonds is 0. The molecule has 0 radical (unpaired) electrons. The van der Waals surface area contributed by atoms with Crippen LogP contribution in [-0.2, 0) is 0 Å². The molecule has 0 bridgehead atoms. The topological polar surface area (TPSA) is 51.2 Å². The molecule has 2 rings (SSSR count). The number of hydrogen-bond acceptors (Lipinski definition) is 2. The quantitative estimate of drug-likeness (QED) is 0.687. The van der Waals surface area contributed by atoms with Gasteiger partial charge in [-0.3, -0.25) is 0 Å². The Hall–Kier alpha value is -1.67. The molecule has 5 heteroatoms. The molecule has 15 heavy (non-hydrogen) atoms. The van der Waals surface area contributed by atoms with Crippen LogP contribution in [0, 0.1) is 11.2 Å². The van der Waals surface area contributed by atoms with Gasteiger partial charge in [-0.25, -0.2) is 4.39 Å². The van der Waals surface area contributed by atoms with Crippen molar-refractivity contribution in [3.8, 4) is 5.75 Å². The molecule has 0 fully saturated rings. The van der Waals surface area contributed by atoms with Crippen molar-refractivity contribution < 1.29 is 9.50 Å². The zero-order valence-corrected chi connectivity index (χ0v) is 8.95. The van der Waals surface area contributed by atoms with Gasteiger partial charge in [0.2, 0.25) is 5.39 Å². The summed E-state index contributed by atoms with van der Waals surface area (Å²) in [7, 11) is 0. The lowest BCUT2D eigenvalue weighted by atomic mass is 10.1. The lowest BCUT2D eigenvalue weighted by Crippen LogP contribution is -1.92. The van der Waals surface area contributed by atoms with E-state index >= 15 is 0 Å². The summed E-state index contributed by atoms with van der Waals surface area (Å²) < 4.78 is 13.9. The molecule has 74 valence electrons. The van der Waals surface area contributed by atoms with Gasteiger partial charge < -0.3 is 5.11 Å². The number of diazo groups is 1. The summed E-state index contributed by atoms with van der Waals surface area (Å²) in [6.45, 7) is 0. The largest absolute Gasteiger partial charge is 0.867 e. The van der Waals surface area contributed by atoms with Crippen LogP contribution in [0.25, 0.3) is 15.7 Å². The predicted octanol–water partition coefficient (Wildman–Crippen LogP) is 3.30. The molecule has 0 aromatic heterocycles. The molecule has 0 aliphatic heterocycles. The van der Waals surface area contributed by atoms with Crippen molar-refractivity contribution in [2.24, 2.45) is 0 Å². The molecular weight excluding hydrogens is 263 g/mol. The van der Waals surface area contributed by atoms with Gasteiger partial charge in [0.25, 0.3) is 0 Å². The summed E-state index contributed by atoms with van der Waals surface area (Å²) >= 11 is 3.16. The van der Waals surface area contributed by atoms with Crippen molar-refractivity contribution in [3.63, 3.8) is 0 Å². The number of halogens is 2. The Morgan fingerprint density at radius 2 is 2.13 bits per heavy atom. The van der Waals surface area contributed by atoms with Gasteiger partial charge in [-0.05, 0) is 17.9 Å². The lowest BCUT2D eigenvalue weighted by Gasteiger charge is -2.06. The van der Waals surface area contributed by atoms with Crippen LogP contribution >= 0.6 is 15.9 Å². The van der Waals surface area contributed by atoms with Crippen LogP contribution in [0.4, 0.5) is 10.1 Å². The lowest BCUT2D eigenvalue weighted by molar-refractivity contribution is -0.266. The Morgan fingerprint density at radius 1 is 1.40 bits per heavy atom. The van der Waals surface area contributed by atoms with Crippen molar-refractivity contribution in [2.75, 3.05) is 0 Å².